The molecule has 5 heteroatoms. The topological polar surface area (TPSA) is 76.0 Å². The maximum atomic E-state index is 12.9. The molecule has 5 nitrogen and oxygen atoms in total. The summed E-state index contributed by atoms with van der Waals surface area (Å²) < 4.78 is 10.4. The van der Waals surface area contributed by atoms with Gasteiger partial charge in [-0.25, -0.2) is 0 Å². The van der Waals surface area contributed by atoms with Gasteiger partial charge in [0.2, 0.25) is 11.5 Å². The highest BCUT2D eigenvalue weighted by atomic mass is 16.5. The molecule has 0 aliphatic carbocycles. The van der Waals surface area contributed by atoms with Crippen LogP contribution in [-0.2, 0) is 6.42 Å². The number of benzene rings is 2. The summed E-state index contributed by atoms with van der Waals surface area (Å²) in [5.41, 5.74) is 1.48. The molecule has 0 atom stereocenters. The molecule has 0 aromatic heterocycles. The van der Waals surface area contributed by atoms with Crippen LogP contribution in [0.4, 0.5) is 0 Å². The number of hydrogen-bond donors (Lipinski definition) is 2. The number of carbonyl (C=O) groups is 1. The number of phenolic OH excluding ortho intramolecular Hbond substituents is 2. The van der Waals surface area contributed by atoms with Gasteiger partial charge in [0.1, 0.15) is 11.3 Å². The first kappa shape index (κ1) is 16.7. The van der Waals surface area contributed by atoms with Gasteiger partial charge in [0, 0.05) is 11.1 Å². The summed E-state index contributed by atoms with van der Waals surface area (Å²) in [7, 11) is 2.73. The predicted octanol–water partition coefficient (Wildman–Crippen LogP) is 3.22. The highest BCUT2D eigenvalue weighted by Gasteiger charge is 2.29. The second-order valence-electron chi connectivity index (χ2n) is 5.11. The van der Waals surface area contributed by atoms with Crippen molar-refractivity contribution in [2.45, 2.75) is 20.3 Å². The van der Waals surface area contributed by atoms with Crippen molar-refractivity contribution in [3.8, 4) is 23.0 Å². The molecule has 0 aliphatic heterocycles. The first-order chi connectivity index (χ1) is 11.0. The molecule has 0 aliphatic rings. The van der Waals surface area contributed by atoms with Crippen LogP contribution in [0.5, 0.6) is 23.0 Å². The number of rotatable bonds is 5. The Morgan fingerprint density at radius 1 is 1.04 bits per heavy atom. The largest absolute Gasteiger partial charge is 0.507 e. The van der Waals surface area contributed by atoms with Crippen LogP contribution in [0.25, 0.3) is 0 Å². The molecule has 2 rings (SSSR count). The molecule has 0 unspecified atom stereocenters. The maximum Gasteiger partial charge on any atom is 0.204 e. The first-order valence-electron chi connectivity index (χ1n) is 7.26. The van der Waals surface area contributed by atoms with Gasteiger partial charge in [-0.15, -0.1) is 0 Å². The van der Waals surface area contributed by atoms with Crippen molar-refractivity contribution < 1.29 is 24.5 Å². The van der Waals surface area contributed by atoms with Crippen LogP contribution in [-0.4, -0.2) is 30.2 Å². The Morgan fingerprint density at radius 2 is 1.65 bits per heavy atom. The van der Waals surface area contributed by atoms with Crippen LogP contribution in [0.2, 0.25) is 0 Å². The third-order valence-electron chi connectivity index (χ3n) is 3.84. The number of hydrogen-bond acceptors (Lipinski definition) is 5. The van der Waals surface area contributed by atoms with Crippen molar-refractivity contribution in [2.24, 2.45) is 0 Å². The van der Waals surface area contributed by atoms with E-state index in [9.17, 15) is 15.0 Å². The molecular weight excluding hydrogens is 296 g/mol. The lowest BCUT2D eigenvalue weighted by molar-refractivity contribution is 0.103. The minimum Gasteiger partial charge on any atom is -0.507 e. The second-order valence-corrected chi connectivity index (χ2v) is 5.11. The van der Waals surface area contributed by atoms with Crippen molar-refractivity contribution >= 4 is 5.78 Å². The molecule has 0 spiro atoms. The van der Waals surface area contributed by atoms with Gasteiger partial charge in [-0.05, 0) is 18.9 Å². The van der Waals surface area contributed by atoms with E-state index in [1.165, 1.54) is 14.2 Å². The van der Waals surface area contributed by atoms with Gasteiger partial charge in [0.15, 0.2) is 11.5 Å². The SMILES string of the molecule is CCc1c(O)c(OC)c(OC)c(C(=O)c2ccccc2C)c1O. The lowest BCUT2D eigenvalue weighted by atomic mass is 9.94. The summed E-state index contributed by atoms with van der Waals surface area (Å²) in [4.78, 5) is 12.9. The van der Waals surface area contributed by atoms with E-state index in [1.54, 1.807) is 19.1 Å². The van der Waals surface area contributed by atoms with E-state index in [0.29, 0.717) is 12.0 Å². The number of ether oxygens (including phenoxy) is 2. The van der Waals surface area contributed by atoms with Gasteiger partial charge in [-0.2, -0.15) is 0 Å². The Morgan fingerprint density at radius 3 is 2.17 bits per heavy atom. The number of ketones is 1. The molecule has 0 saturated carbocycles. The Bertz CT molecular complexity index is 750. The summed E-state index contributed by atoms with van der Waals surface area (Å²) in [5, 5.41) is 20.7. The smallest absolute Gasteiger partial charge is 0.204 e. The number of carbonyl (C=O) groups excluding carboxylic acids is 1. The summed E-state index contributed by atoms with van der Waals surface area (Å²) in [6.45, 7) is 3.58. The maximum absolute atomic E-state index is 12.9. The molecule has 2 aromatic rings. The van der Waals surface area contributed by atoms with E-state index >= 15 is 0 Å². The van der Waals surface area contributed by atoms with Gasteiger partial charge < -0.3 is 19.7 Å². The molecular formula is C18H20O5. The average molecular weight is 316 g/mol. The second kappa shape index (κ2) is 6.60. The van der Waals surface area contributed by atoms with Gasteiger partial charge in [0.25, 0.3) is 0 Å². The number of phenols is 2. The number of aryl methyl sites for hydroxylation is 1. The zero-order chi connectivity index (χ0) is 17.1. The normalized spacial score (nSPS) is 10.4. The van der Waals surface area contributed by atoms with E-state index in [0.717, 1.165) is 5.56 Å². The molecule has 0 heterocycles. The van der Waals surface area contributed by atoms with Crippen molar-refractivity contribution in [3.05, 3.63) is 46.5 Å². The third kappa shape index (κ3) is 2.70. The van der Waals surface area contributed by atoms with E-state index in [4.69, 9.17) is 9.47 Å². The summed E-state index contributed by atoms with van der Waals surface area (Å²) >= 11 is 0. The van der Waals surface area contributed by atoms with Crippen molar-refractivity contribution in [1.29, 1.82) is 0 Å². The third-order valence-corrected chi connectivity index (χ3v) is 3.84. The number of methoxy groups -OCH3 is 2. The van der Waals surface area contributed by atoms with E-state index in [2.05, 4.69) is 0 Å². The van der Waals surface area contributed by atoms with Gasteiger partial charge in [0.05, 0.1) is 14.2 Å². The van der Waals surface area contributed by atoms with E-state index < -0.39 is 0 Å². The van der Waals surface area contributed by atoms with Crippen molar-refractivity contribution in [1.82, 2.24) is 0 Å². The van der Waals surface area contributed by atoms with Crippen LogP contribution in [0.1, 0.15) is 34.0 Å². The van der Waals surface area contributed by atoms with Crippen LogP contribution in [0.3, 0.4) is 0 Å². The van der Waals surface area contributed by atoms with Crippen LogP contribution in [0.15, 0.2) is 24.3 Å². The highest BCUT2D eigenvalue weighted by Crippen LogP contribution is 2.48. The van der Waals surface area contributed by atoms with Crippen LogP contribution < -0.4 is 9.47 Å². The zero-order valence-electron chi connectivity index (χ0n) is 13.6. The van der Waals surface area contributed by atoms with Crippen LogP contribution in [0, 0.1) is 6.92 Å². The fourth-order valence-electron chi connectivity index (χ4n) is 2.62. The highest BCUT2D eigenvalue weighted by molar-refractivity contribution is 6.14. The Hall–Kier alpha value is -2.69. The standard InChI is InChI=1S/C18H20O5/c1-5-11-14(19)13(17(22-3)18(23-4)16(11)21)15(20)12-9-7-6-8-10(12)2/h6-9,19,21H,5H2,1-4H3. The van der Waals surface area contributed by atoms with Gasteiger partial charge in [-0.3, -0.25) is 4.79 Å². The molecule has 0 saturated heterocycles. The fourth-order valence-corrected chi connectivity index (χ4v) is 2.62. The quantitative estimate of drug-likeness (QED) is 0.828. The molecule has 2 N–H and O–H groups in total. The molecule has 0 fully saturated rings. The zero-order valence-corrected chi connectivity index (χ0v) is 13.6. The monoisotopic (exact) mass is 316 g/mol. The molecule has 0 bridgehead atoms. The minimum absolute atomic E-state index is 0.00620. The first-order valence-corrected chi connectivity index (χ1v) is 7.26. The Balaban J connectivity index is 2.80. The molecule has 0 radical (unpaired) electrons. The molecule has 23 heavy (non-hydrogen) atoms. The Kier molecular flexibility index (Phi) is 4.79. The minimum atomic E-state index is -0.384. The summed E-state index contributed by atoms with van der Waals surface area (Å²) in [6, 6.07) is 7.08. The van der Waals surface area contributed by atoms with Crippen molar-refractivity contribution in [3.63, 3.8) is 0 Å². The average Bonchev–Trinajstić information content (AvgIpc) is 2.54. The summed E-state index contributed by atoms with van der Waals surface area (Å²) in [5.74, 6) is -0.820. The van der Waals surface area contributed by atoms with Gasteiger partial charge in [-0.1, -0.05) is 31.2 Å². The summed E-state index contributed by atoms with van der Waals surface area (Å²) in [6.07, 6.45) is 0.339. The Labute approximate surface area is 135 Å². The lowest BCUT2D eigenvalue weighted by Gasteiger charge is -2.18. The lowest BCUT2D eigenvalue weighted by Crippen LogP contribution is -2.09. The predicted molar refractivity (Wildman–Crippen MR) is 86.9 cm³/mol. The van der Waals surface area contributed by atoms with Crippen LogP contribution >= 0.6 is 0 Å². The fraction of sp³-hybridized carbons (Fsp3) is 0.278. The van der Waals surface area contributed by atoms with E-state index in [1.807, 2.05) is 19.1 Å². The molecule has 0 amide bonds. The number of aromatic hydroxyl groups is 2. The van der Waals surface area contributed by atoms with Crippen molar-refractivity contribution in [2.75, 3.05) is 14.2 Å². The molecule has 122 valence electrons. The van der Waals surface area contributed by atoms with E-state index in [-0.39, 0.29) is 39.9 Å². The molecule has 2 aromatic carbocycles. The van der Waals surface area contributed by atoms with Gasteiger partial charge >= 0.3 is 0 Å².